The third kappa shape index (κ3) is 3.89. The van der Waals surface area contributed by atoms with E-state index in [0.717, 1.165) is 5.69 Å². The third-order valence-electron chi connectivity index (χ3n) is 3.77. The zero-order valence-electron chi connectivity index (χ0n) is 14.3. The molecule has 0 bridgehead atoms. The standard InChI is InChI=1S/C17H19AsN4O4/c1-21(2)11-14-16(20-15-5-3-4-10-22(14)15)17(23)19-13-8-6-12(7-9-13)18(24,25)26/h3-10H,11H2,1-2H3,(H,19,23)(H2,24,25,26). The number of carbonyl (C=O) groups excluding carboxylic acids is 1. The maximum absolute atomic E-state index is 12.7. The van der Waals surface area contributed by atoms with E-state index in [1.165, 1.54) is 24.3 Å². The molecule has 0 radical (unpaired) electrons. The van der Waals surface area contributed by atoms with Crippen LogP contribution in [0.25, 0.3) is 5.65 Å². The van der Waals surface area contributed by atoms with E-state index in [1.807, 2.05) is 47.8 Å². The molecule has 136 valence electrons. The Labute approximate surface area is 153 Å². The molecule has 1 aromatic carbocycles. The Kier molecular flexibility index (Phi) is 5.02. The molecule has 0 aliphatic rings. The first-order chi connectivity index (χ1) is 12.3. The molecule has 0 atom stereocenters. The second kappa shape index (κ2) is 7.09. The molecule has 0 saturated carbocycles. The molecule has 3 rings (SSSR count). The molecule has 0 aliphatic heterocycles. The number of imidazole rings is 1. The molecule has 0 fully saturated rings. The van der Waals surface area contributed by atoms with Crippen LogP contribution in [0.3, 0.4) is 0 Å². The monoisotopic (exact) mass is 418 g/mol. The summed E-state index contributed by atoms with van der Waals surface area (Å²) in [6, 6.07) is 11.1. The van der Waals surface area contributed by atoms with Gasteiger partial charge >= 0.3 is 153 Å². The van der Waals surface area contributed by atoms with Gasteiger partial charge in [-0.2, -0.15) is 0 Å². The summed E-state index contributed by atoms with van der Waals surface area (Å²) >= 11 is -4.93. The van der Waals surface area contributed by atoms with Gasteiger partial charge in [0.1, 0.15) is 0 Å². The summed E-state index contributed by atoms with van der Waals surface area (Å²) in [5.41, 5.74) is 2.19. The second-order valence-electron chi connectivity index (χ2n) is 6.12. The van der Waals surface area contributed by atoms with Crippen molar-refractivity contribution in [3.8, 4) is 0 Å². The number of nitrogens with zero attached hydrogens (tertiary/aromatic N) is 3. The number of hydrogen-bond donors (Lipinski definition) is 3. The van der Waals surface area contributed by atoms with E-state index in [2.05, 4.69) is 10.3 Å². The number of pyridine rings is 1. The van der Waals surface area contributed by atoms with Gasteiger partial charge < -0.3 is 0 Å². The van der Waals surface area contributed by atoms with Gasteiger partial charge in [-0.15, -0.1) is 0 Å². The molecule has 0 unspecified atom stereocenters. The van der Waals surface area contributed by atoms with Crippen molar-refractivity contribution in [2.24, 2.45) is 0 Å². The first-order valence-electron chi connectivity index (χ1n) is 7.84. The fraction of sp³-hybridized carbons (Fsp3) is 0.176. The Morgan fingerprint density at radius 2 is 1.88 bits per heavy atom. The van der Waals surface area contributed by atoms with Gasteiger partial charge in [0.25, 0.3) is 0 Å². The van der Waals surface area contributed by atoms with Crippen LogP contribution >= 0.6 is 0 Å². The first-order valence-corrected chi connectivity index (χ1v) is 11.2. The van der Waals surface area contributed by atoms with Gasteiger partial charge in [-0.25, -0.2) is 0 Å². The molecule has 2 heterocycles. The predicted molar refractivity (Wildman–Crippen MR) is 97.5 cm³/mol. The van der Waals surface area contributed by atoms with Crippen LogP contribution in [-0.2, 0) is 10.3 Å². The summed E-state index contributed by atoms with van der Waals surface area (Å²) in [5, 5.41) is 2.73. The number of aromatic nitrogens is 2. The fourth-order valence-electron chi connectivity index (χ4n) is 2.61. The van der Waals surface area contributed by atoms with Crippen LogP contribution in [0.5, 0.6) is 0 Å². The fourth-order valence-corrected chi connectivity index (χ4v) is 3.74. The first kappa shape index (κ1) is 18.4. The molecular formula is C17H19AsN4O4. The summed E-state index contributed by atoms with van der Waals surface area (Å²) < 4.78 is 31.5. The number of carbonyl (C=O) groups is 1. The molecule has 0 spiro atoms. The number of rotatable bonds is 5. The van der Waals surface area contributed by atoms with Crippen molar-refractivity contribution >= 4 is 35.8 Å². The van der Waals surface area contributed by atoms with E-state index in [-0.39, 0.29) is 10.3 Å². The number of nitrogens with one attached hydrogen (secondary N) is 1. The summed E-state index contributed by atoms with van der Waals surface area (Å²) in [6.07, 6.45) is 1.86. The predicted octanol–water partition coefficient (Wildman–Crippen LogP) is 0.209. The van der Waals surface area contributed by atoms with Gasteiger partial charge in [-0.1, -0.05) is 0 Å². The Hall–Kier alpha value is -2.38. The Morgan fingerprint density at radius 3 is 2.50 bits per heavy atom. The summed E-state index contributed by atoms with van der Waals surface area (Å²) in [4.78, 5) is 19.1. The van der Waals surface area contributed by atoms with Gasteiger partial charge in [-0.3, -0.25) is 0 Å². The van der Waals surface area contributed by atoms with Crippen molar-refractivity contribution in [3.63, 3.8) is 0 Å². The third-order valence-corrected chi connectivity index (χ3v) is 5.81. The topological polar surface area (TPSA) is 107 Å². The van der Waals surface area contributed by atoms with Crippen molar-refractivity contribution in [3.05, 3.63) is 60.0 Å². The van der Waals surface area contributed by atoms with Gasteiger partial charge in [0.05, 0.1) is 0 Å². The number of hydrogen-bond acceptors (Lipinski definition) is 4. The average molecular weight is 418 g/mol. The van der Waals surface area contributed by atoms with Crippen LogP contribution in [0, 0.1) is 0 Å². The van der Waals surface area contributed by atoms with Gasteiger partial charge in [0, 0.05) is 0 Å². The van der Waals surface area contributed by atoms with Gasteiger partial charge in [-0.05, 0) is 0 Å². The zero-order valence-corrected chi connectivity index (χ0v) is 16.2. The minimum absolute atomic E-state index is 0.0397. The molecule has 3 N–H and O–H groups in total. The molecule has 2 aromatic heterocycles. The second-order valence-corrected chi connectivity index (χ2v) is 9.49. The Morgan fingerprint density at radius 1 is 1.19 bits per heavy atom. The SMILES string of the molecule is CN(C)Cc1c(C(=O)Nc2ccc([As](=O)(O)O)cc2)nc2ccccn12. The summed E-state index contributed by atoms with van der Waals surface area (Å²) in [6.45, 7) is 0.535. The van der Waals surface area contributed by atoms with Crippen molar-refractivity contribution in [1.82, 2.24) is 14.3 Å². The van der Waals surface area contributed by atoms with Crippen molar-refractivity contribution in [2.45, 2.75) is 6.54 Å². The Bertz CT molecular complexity index is 992. The van der Waals surface area contributed by atoms with E-state index in [1.54, 1.807) is 0 Å². The maximum atomic E-state index is 12.7. The van der Waals surface area contributed by atoms with E-state index < -0.39 is 14.2 Å². The normalized spacial score (nSPS) is 11.9. The van der Waals surface area contributed by atoms with Crippen LogP contribution in [0.1, 0.15) is 16.2 Å². The molecular weight excluding hydrogens is 399 g/mol. The minimum atomic E-state index is -4.93. The molecule has 9 heteroatoms. The van der Waals surface area contributed by atoms with Crippen LogP contribution in [-0.4, -0.2) is 56.7 Å². The van der Waals surface area contributed by atoms with Crippen molar-refractivity contribution < 1.29 is 16.7 Å². The van der Waals surface area contributed by atoms with Crippen LogP contribution < -0.4 is 9.67 Å². The quantitative estimate of drug-likeness (QED) is 0.512. The Balaban J connectivity index is 1.91. The van der Waals surface area contributed by atoms with Gasteiger partial charge in [0.2, 0.25) is 0 Å². The average Bonchev–Trinajstić information content (AvgIpc) is 2.93. The number of benzene rings is 1. The van der Waals surface area contributed by atoms with Crippen molar-refractivity contribution in [2.75, 3.05) is 19.4 Å². The summed E-state index contributed by atoms with van der Waals surface area (Å²) in [5.74, 6) is -0.375. The molecule has 3 aromatic rings. The molecule has 0 saturated heterocycles. The molecule has 0 aliphatic carbocycles. The van der Waals surface area contributed by atoms with Crippen LogP contribution in [0.2, 0.25) is 0 Å². The van der Waals surface area contributed by atoms with E-state index in [0.29, 0.717) is 23.6 Å². The number of fused-ring (bicyclic) bond motifs is 1. The van der Waals surface area contributed by atoms with Crippen LogP contribution in [0.15, 0.2) is 48.7 Å². The number of anilines is 1. The van der Waals surface area contributed by atoms with Gasteiger partial charge in [0.15, 0.2) is 0 Å². The van der Waals surface area contributed by atoms with Crippen molar-refractivity contribution in [1.29, 1.82) is 0 Å². The molecule has 26 heavy (non-hydrogen) atoms. The van der Waals surface area contributed by atoms with Crippen LogP contribution in [0.4, 0.5) is 5.69 Å². The number of amides is 1. The molecule has 1 amide bonds. The summed E-state index contributed by atoms with van der Waals surface area (Å²) in [7, 11) is 3.82. The van der Waals surface area contributed by atoms with E-state index in [4.69, 9.17) is 0 Å². The van der Waals surface area contributed by atoms with E-state index in [9.17, 15) is 16.7 Å². The van der Waals surface area contributed by atoms with E-state index >= 15 is 0 Å². The molecule has 8 nitrogen and oxygen atoms in total. The zero-order chi connectivity index (χ0) is 18.9.